The van der Waals surface area contributed by atoms with E-state index in [4.69, 9.17) is 4.74 Å². The van der Waals surface area contributed by atoms with Gasteiger partial charge in [-0.05, 0) is 30.5 Å². The Morgan fingerprint density at radius 2 is 1.85 bits per heavy atom. The molecule has 0 amide bonds. The molecule has 1 atom stereocenters. The van der Waals surface area contributed by atoms with E-state index in [9.17, 15) is 9.90 Å². The average molecular weight is 359 g/mol. The van der Waals surface area contributed by atoms with Gasteiger partial charge in [0.25, 0.3) is 0 Å². The van der Waals surface area contributed by atoms with E-state index < -0.39 is 6.10 Å². The van der Waals surface area contributed by atoms with E-state index in [2.05, 4.69) is 13.0 Å². The molecular formula is C23H34O3. The smallest absolute Gasteiger partial charge is 0.337 e. The normalized spacial score (nSPS) is 12.7. The van der Waals surface area contributed by atoms with E-state index in [0.29, 0.717) is 12.0 Å². The van der Waals surface area contributed by atoms with Crippen molar-refractivity contribution in [2.24, 2.45) is 0 Å². The summed E-state index contributed by atoms with van der Waals surface area (Å²) in [5.74, 6) is -0.356. The van der Waals surface area contributed by atoms with Gasteiger partial charge < -0.3 is 9.84 Å². The molecule has 0 radical (unpaired) electrons. The Bertz CT molecular complexity index is 560. The molecule has 0 saturated carbocycles. The van der Waals surface area contributed by atoms with Crippen molar-refractivity contribution in [1.82, 2.24) is 0 Å². The molecule has 0 heterocycles. The van der Waals surface area contributed by atoms with Crippen molar-refractivity contribution < 1.29 is 14.6 Å². The summed E-state index contributed by atoms with van der Waals surface area (Å²) >= 11 is 0. The van der Waals surface area contributed by atoms with Crippen LogP contribution in [0.2, 0.25) is 0 Å². The van der Waals surface area contributed by atoms with Gasteiger partial charge in [-0.25, -0.2) is 4.79 Å². The molecule has 0 fully saturated rings. The minimum atomic E-state index is -0.564. The van der Waals surface area contributed by atoms with Crippen LogP contribution in [0.25, 0.3) is 0 Å². The first-order valence-corrected chi connectivity index (χ1v) is 9.86. The SMILES string of the molecule is CCCCCCCCC/C=C\C=C\C(O)Cc1cccc(C(=O)OC)c1. The molecule has 3 nitrogen and oxygen atoms in total. The zero-order chi connectivity index (χ0) is 19.0. The summed E-state index contributed by atoms with van der Waals surface area (Å²) in [7, 11) is 1.37. The zero-order valence-corrected chi connectivity index (χ0v) is 16.3. The van der Waals surface area contributed by atoms with E-state index >= 15 is 0 Å². The molecule has 1 aromatic carbocycles. The van der Waals surface area contributed by atoms with Crippen LogP contribution < -0.4 is 0 Å². The van der Waals surface area contributed by atoms with Gasteiger partial charge in [-0.15, -0.1) is 0 Å². The van der Waals surface area contributed by atoms with Gasteiger partial charge in [0.15, 0.2) is 0 Å². The Balaban J connectivity index is 2.22. The molecule has 0 aromatic heterocycles. The van der Waals surface area contributed by atoms with Crippen molar-refractivity contribution in [3.63, 3.8) is 0 Å². The van der Waals surface area contributed by atoms with E-state index in [1.165, 1.54) is 52.1 Å². The van der Waals surface area contributed by atoms with Crippen LogP contribution in [0.15, 0.2) is 48.6 Å². The van der Waals surface area contributed by atoms with Crippen LogP contribution in [-0.4, -0.2) is 24.3 Å². The molecule has 3 heteroatoms. The van der Waals surface area contributed by atoms with Crippen molar-refractivity contribution in [2.45, 2.75) is 70.8 Å². The molecule has 26 heavy (non-hydrogen) atoms. The maximum absolute atomic E-state index is 11.5. The predicted molar refractivity (Wildman–Crippen MR) is 108 cm³/mol. The number of aliphatic hydroxyl groups excluding tert-OH is 1. The number of esters is 1. The molecule has 0 spiro atoms. The van der Waals surface area contributed by atoms with Gasteiger partial charge in [0.2, 0.25) is 0 Å². The molecule has 144 valence electrons. The summed E-state index contributed by atoms with van der Waals surface area (Å²) in [5, 5.41) is 10.1. The molecule has 0 aliphatic rings. The first-order valence-electron chi connectivity index (χ1n) is 9.86. The Morgan fingerprint density at radius 3 is 2.58 bits per heavy atom. The zero-order valence-electron chi connectivity index (χ0n) is 16.3. The third kappa shape index (κ3) is 10.2. The van der Waals surface area contributed by atoms with Crippen LogP contribution in [0.5, 0.6) is 0 Å². The Hall–Kier alpha value is -1.87. The highest BCUT2D eigenvalue weighted by molar-refractivity contribution is 5.89. The highest BCUT2D eigenvalue weighted by Crippen LogP contribution is 2.10. The van der Waals surface area contributed by atoms with Gasteiger partial charge in [-0.3, -0.25) is 0 Å². The highest BCUT2D eigenvalue weighted by Gasteiger charge is 2.07. The lowest BCUT2D eigenvalue weighted by atomic mass is 10.0. The van der Waals surface area contributed by atoms with E-state index in [0.717, 1.165) is 12.0 Å². The summed E-state index contributed by atoms with van der Waals surface area (Å²) in [5.41, 5.74) is 1.42. The van der Waals surface area contributed by atoms with Gasteiger partial charge in [-0.2, -0.15) is 0 Å². The number of hydrogen-bond acceptors (Lipinski definition) is 3. The topological polar surface area (TPSA) is 46.5 Å². The van der Waals surface area contributed by atoms with Crippen LogP contribution in [-0.2, 0) is 11.2 Å². The fourth-order valence-corrected chi connectivity index (χ4v) is 2.84. The lowest BCUT2D eigenvalue weighted by Crippen LogP contribution is -2.08. The van der Waals surface area contributed by atoms with Crippen LogP contribution >= 0.6 is 0 Å². The molecule has 1 unspecified atom stereocenters. The highest BCUT2D eigenvalue weighted by atomic mass is 16.5. The maximum atomic E-state index is 11.5. The molecular weight excluding hydrogens is 324 g/mol. The number of ether oxygens (including phenoxy) is 1. The molecule has 1 rings (SSSR count). The van der Waals surface area contributed by atoms with Gasteiger partial charge in [0.1, 0.15) is 0 Å². The minimum Gasteiger partial charge on any atom is -0.465 e. The van der Waals surface area contributed by atoms with E-state index in [-0.39, 0.29) is 5.97 Å². The average Bonchev–Trinajstić information content (AvgIpc) is 2.65. The number of carbonyl (C=O) groups excluding carboxylic acids is 1. The first kappa shape index (κ1) is 22.2. The molecule has 1 N–H and O–H groups in total. The Morgan fingerprint density at radius 1 is 1.12 bits per heavy atom. The number of aliphatic hydroxyl groups is 1. The second-order valence-electron chi connectivity index (χ2n) is 6.69. The van der Waals surface area contributed by atoms with Crippen LogP contribution in [0, 0.1) is 0 Å². The molecule has 0 aliphatic carbocycles. The summed E-state index contributed by atoms with van der Waals surface area (Å²) in [6, 6.07) is 7.18. The third-order valence-electron chi connectivity index (χ3n) is 4.35. The minimum absolute atomic E-state index is 0.356. The number of benzene rings is 1. The number of hydrogen-bond donors (Lipinski definition) is 1. The van der Waals surface area contributed by atoms with Crippen molar-refractivity contribution in [3.05, 3.63) is 59.7 Å². The Kier molecular flexibility index (Phi) is 12.2. The largest absolute Gasteiger partial charge is 0.465 e. The van der Waals surface area contributed by atoms with Gasteiger partial charge >= 0.3 is 5.97 Å². The van der Waals surface area contributed by atoms with Crippen molar-refractivity contribution >= 4 is 5.97 Å². The molecule has 0 aliphatic heterocycles. The number of allylic oxidation sites excluding steroid dienone is 3. The van der Waals surface area contributed by atoms with Crippen molar-refractivity contribution in [2.75, 3.05) is 7.11 Å². The van der Waals surface area contributed by atoms with Crippen LogP contribution in [0.1, 0.15) is 74.2 Å². The van der Waals surface area contributed by atoms with Crippen LogP contribution in [0.4, 0.5) is 0 Å². The van der Waals surface area contributed by atoms with Crippen molar-refractivity contribution in [1.29, 1.82) is 0 Å². The van der Waals surface area contributed by atoms with Crippen molar-refractivity contribution in [3.8, 4) is 0 Å². The van der Waals surface area contributed by atoms with E-state index in [1.807, 2.05) is 18.2 Å². The number of carbonyl (C=O) groups is 1. The van der Waals surface area contributed by atoms with Crippen LogP contribution in [0.3, 0.4) is 0 Å². The van der Waals surface area contributed by atoms with Gasteiger partial charge in [0.05, 0.1) is 18.8 Å². The summed E-state index contributed by atoms with van der Waals surface area (Å²) < 4.78 is 4.72. The second-order valence-corrected chi connectivity index (χ2v) is 6.69. The van der Waals surface area contributed by atoms with Gasteiger partial charge in [-0.1, -0.05) is 81.9 Å². The lowest BCUT2D eigenvalue weighted by Gasteiger charge is -2.07. The maximum Gasteiger partial charge on any atom is 0.337 e. The fourth-order valence-electron chi connectivity index (χ4n) is 2.84. The summed E-state index contributed by atoms with van der Waals surface area (Å²) in [6.45, 7) is 2.24. The molecule has 0 saturated heterocycles. The predicted octanol–water partition coefficient (Wildman–Crippen LogP) is 5.63. The summed E-state index contributed by atoms with van der Waals surface area (Å²) in [6.07, 6.45) is 18.1. The Labute approximate surface area is 158 Å². The lowest BCUT2D eigenvalue weighted by molar-refractivity contribution is 0.0600. The quantitative estimate of drug-likeness (QED) is 0.282. The first-order chi connectivity index (χ1) is 12.7. The summed E-state index contributed by atoms with van der Waals surface area (Å²) in [4.78, 5) is 11.5. The molecule has 1 aromatic rings. The van der Waals surface area contributed by atoms with Gasteiger partial charge in [0, 0.05) is 6.42 Å². The monoisotopic (exact) mass is 358 g/mol. The number of methoxy groups -OCH3 is 1. The van der Waals surface area contributed by atoms with E-state index in [1.54, 1.807) is 24.3 Å². The molecule has 0 bridgehead atoms. The fraction of sp³-hybridized carbons (Fsp3) is 0.522. The second kappa shape index (κ2) is 14.3. The number of unbranched alkanes of at least 4 members (excludes halogenated alkanes) is 7. The number of rotatable bonds is 13. The third-order valence-corrected chi connectivity index (χ3v) is 4.35. The standard InChI is InChI=1S/C23H34O3/c1-3-4-5-6-7-8-9-10-11-12-13-17-22(24)19-20-15-14-16-21(18-20)23(25)26-2/h11-18,22,24H,3-10,19H2,1-2H3/b12-11-,17-13+.